The predicted octanol–water partition coefficient (Wildman–Crippen LogP) is 4.19. The summed E-state index contributed by atoms with van der Waals surface area (Å²) < 4.78 is 0. The van der Waals surface area contributed by atoms with Gasteiger partial charge < -0.3 is 5.32 Å². The van der Waals surface area contributed by atoms with Gasteiger partial charge in [0, 0.05) is 28.6 Å². The van der Waals surface area contributed by atoms with Gasteiger partial charge in [0.05, 0.1) is 5.69 Å². The highest BCUT2D eigenvalue weighted by atomic mass is 32.2. The molecule has 0 spiro atoms. The lowest BCUT2D eigenvalue weighted by atomic mass is 9.91. The topological polar surface area (TPSA) is 24.9 Å². The predicted molar refractivity (Wildman–Crippen MR) is 84.6 cm³/mol. The molecule has 0 saturated carbocycles. The summed E-state index contributed by atoms with van der Waals surface area (Å²) in [5, 5.41) is 4.78. The molecule has 0 radical (unpaired) electrons. The molecule has 1 heterocycles. The minimum Gasteiger partial charge on any atom is -0.310 e. The number of rotatable bonds is 6. The van der Waals surface area contributed by atoms with Gasteiger partial charge in [-0.2, -0.15) is 11.8 Å². The average molecular weight is 287 g/mol. The Hall–Kier alpha value is -0.0600. The Kier molecular flexibility index (Phi) is 6.15. The first kappa shape index (κ1) is 16.0. The van der Waals surface area contributed by atoms with Gasteiger partial charge in [-0.3, -0.25) is 0 Å². The minimum atomic E-state index is 0.139. The van der Waals surface area contributed by atoms with Crippen molar-refractivity contribution >= 4 is 23.1 Å². The van der Waals surface area contributed by atoms with E-state index in [-0.39, 0.29) is 5.41 Å². The zero-order valence-corrected chi connectivity index (χ0v) is 14.1. The summed E-state index contributed by atoms with van der Waals surface area (Å²) in [7, 11) is 0. The number of aromatic nitrogens is 1. The summed E-state index contributed by atoms with van der Waals surface area (Å²) in [6.45, 7) is 14.3. The maximum Gasteiger partial charge on any atom is 0.103 e. The zero-order valence-electron chi connectivity index (χ0n) is 12.5. The molecule has 0 aliphatic rings. The molecule has 1 aromatic rings. The van der Waals surface area contributed by atoms with Crippen LogP contribution >= 0.6 is 23.1 Å². The second-order valence-corrected chi connectivity index (χ2v) is 8.24. The van der Waals surface area contributed by atoms with Gasteiger partial charge in [-0.05, 0) is 5.75 Å². The second kappa shape index (κ2) is 6.92. The molecule has 2 nitrogen and oxygen atoms in total. The van der Waals surface area contributed by atoms with Gasteiger partial charge in [-0.15, -0.1) is 11.3 Å². The molecule has 104 valence electrons. The van der Waals surface area contributed by atoms with E-state index in [9.17, 15) is 0 Å². The van der Waals surface area contributed by atoms with Crippen LogP contribution < -0.4 is 5.32 Å². The average Bonchev–Trinajstić information content (AvgIpc) is 2.66. The Balaban J connectivity index is 2.87. The monoisotopic (exact) mass is 286 g/mol. The summed E-state index contributed by atoms with van der Waals surface area (Å²) in [4.78, 5) is 6.26. The number of thioether (sulfide) groups is 1. The first-order valence-corrected chi connectivity index (χ1v) is 8.62. The van der Waals surface area contributed by atoms with E-state index >= 15 is 0 Å². The summed E-state index contributed by atoms with van der Waals surface area (Å²) in [5.41, 5.74) is 1.41. The number of hydrogen-bond acceptors (Lipinski definition) is 4. The highest BCUT2D eigenvalue weighted by Crippen LogP contribution is 2.31. The smallest absolute Gasteiger partial charge is 0.103 e. The van der Waals surface area contributed by atoms with Gasteiger partial charge in [0.25, 0.3) is 0 Å². The van der Waals surface area contributed by atoms with Crippen molar-refractivity contribution in [3.63, 3.8) is 0 Å². The van der Waals surface area contributed by atoms with E-state index < -0.39 is 0 Å². The van der Waals surface area contributed by atoms with Gasteiger partial charge in [0.15, 0.2) is 0 Å². The number of nitrogens with one attached hydrogen (secondary N) is 1. The molecule has 18 heavy (non-hydrogen) atoms. The third kappa shape index (κ3) is 4.90. The maximum atomic E-state index is 4.85. The summed E-state index contributed by atoms with van der Waals surface area (Å²) in [6, 6.07) is 0.522. The molecule has 1 N–H and O–H groups in total. The zero-order chi connectivity index (χ0) is 13.8. The van der Waals surface area contributed by atoms with Crippen molar-refractivity contribution in [3.8, 4) is 0 Å². The molecule has 0 fully saturated rings. The molecule has 0 amide bonds. The number of hydrogen-bond donors (Lipinski definition) is 1. The normalized spacial score (nSPS) is 12.4. The van der Waals surface area contributed by atoms with Crippen molar-refractivity contribution in [2.75, 3.05) is 5.75 Å². The van der Waals surface area contributed by atoms with Crippen LogP contribution in [0.3, 0.4) is 0 Å². The van der Waals surface area contributed by atoms with Crippen LogP contribution in [0, 0.1) is 0 Å². The molecular formula is C14H26N2S2. The SMILES string of the molecule is CCSCc1nc(C(C)(C)C)c(CNC(C)C)s1. The Bertz CT molecular complexity index is 364. The molecule has 4 heteroatoms. The summed E-state index contributed by atoms with van der Waals surface area (Å²) in [6.07, 6.45) is 0. The van der Waals surface area contributed by atoms with Crippen LogP contribution in [0.1, 0.15) is 57.1 Å². The number of thiazole rings is 1. The van der Waals surface area contributed by atoms with Crippen molar-refractivity contribution in [1.82, 2.24) is 10.3 Å². The van der Waals surface area contributed by atoms with E-state index in [0.717, 1.165) is 18.1 Å². The third-order valence-corrected chi connectivity index (χ3v) is 4.68. The Morgan fingerprint density at radius 3 is 2.50 bits per heavy atom. The van der Waals surface area contributed by atoms with E-state index in [2.05, 4.69) is 46.9 Å². The van der Waals surface area contributed by atoms with Crippen LogP contribution in [-0.2, 0) is 17.7 Å². The second-order valence-electron chi connectivity index (χ2n) is 5.80. The van der Waals surface area contributed by atoms with Crippen molar-refractivity contribution in [1.29, 1.82) is 0 Å². The Morgan fingerprint density at radius 1 is 1.33 bits per heavy atom. The fraction of sp³-hybridized carbons (Fsp3) is 0.786. The van der Waals surface area contributed by atoms with Crippen molar-refractivity contribution in [3.05, 3.63) is 15.6 Å². The van der Waals surface area contributed by atoms with Crippen molar-refractivity contribution < 1.29 is 0 Å². The molecule has 0 atom stereocenters. The van der Waals surface area contributed by atoms with Crippen LogP contribution in [0.2, 0.25) is 0 Å². The fourth-order valence-electron chi connectivity index (χ4n) is 1.65. The molecule has 0 aliphatic carbocycles. The van der Waals surface area contributed by atoms with Crippen LogP contribution in [0.15, 0.2) is 0 Å². The molecule has 0 unspecified atom stereocenters. The van der Waals surface area contributed by atoms with E-state index in [1.807, 2.05) is 23.1 Å². The first-order valence-electron chi connectivity index (χ1n) is 6.64. The van der Waals surface area contributed by atoms with Crippen molar-refractivity contribution in [2.24, 2.45) is 0 Å². The van der Waals surface area contributed by atoms with Crippen LogP contribution in [0.25, 0.3) is 0 Å². The standard InChI is InChI=1S/C14H26N2S2/c1-7-17-9-12-16-13(14(4,5)6)11(18-12)8-15-10(2)3/h10,15H,7-9H2,1-6H3. The van der Waals surface area contributed by atoms with Crippen molar-refractivity contribution in [2.45, 2.75) is 65.3 Å². The van der Waals surface area contributed by atoms with Gasteiger partial charge >= 0.3 is 0 Å². The van der Waals surface area contributed by atoms with Crippen LogP contribution in [0.5, 0.6) is 0 Å². The van der Waals surface area contributed by atoms with Gasteiger partial charge in [0.2, 0.25) is 0 Å². The highest BCUT2D eigenvalue weighted by Gasteiger charge is 2.22. The van der Waals surface area contributed by atoms with Gasteiger partial charge in [0.1, 0.15) is 5.01 Å². The quantitative estimate of drug-likeness (QED) is 0.848. The van der Waals surface area contributed by atoms with Gasteiger partial charge in [-0.1, -0.05) is 41.5 Å². The maximum absolute atomic E-state index is 4.85. The Morgan fingerprint density at radius 2 is 2.00 bits per heavy atom. The van der Waals surface area contributed by atoms with E-state index in [0.29, 0.717) is 6.04 Å². The lowest BCUT2D eigenvalue weighted by Crippen LogP contribution is -2.23. The molecule has 1 rings (SSSR count). The van der Waals surface area contributed by atoms with E-state index in [1.165, 1.54) is 15.6 Å². The van der Waals surface area contributed by atoms with E-state index in [1.54, 1.807) is 0 Å². The molecule has 0 bridgehead atoms. The van der Waals surface area contributed by atoms with Crippen LogP contribution in [0.4, 0.5) is 0 Å². The van der Waals surface area contributed by atoms with E-state index in [4.69, 9.17) is 4.98 Å². The third-order valence-electron chi connectivity index (χ3n) is 2.55. The number of nitrogens with zero attached hydrogens (tertiary/aromatic N) is 1. The lowest BCUT2D eigenvalue weighted by molar-refractivity contribution is 0.545. The summed E-state index contributed by atoms with van der Waals surface area (Å²) >= 11 is 3.82. The minimum absolute atomic E-state index is 0.139. The molecule has 1 aromatic heterocycles. The molecule has 0 saturated heterocycles. The fourth-order valence-corrected chi connectivity index (χ4v) is 3.61. The first-order chi connectivity index (χ1) is 8.34. The molecule has 0 aromatic carbocycles. The molecular weight excluding hydrogens is 260 g/mol. The summed E-state index contributed by atoms with van der Waals surface area (Å²) in [5.74, 6) is 2.20. The van der Waals surface area contributed by atoms with Crippen LogP contribution in [-0.4, -0.2) is 16.8 Å². The van der Waals surface area contributed by atoms with Gasteiger partial charge in [-0.25, -0.2) is 4.98 Å². The molecule has 0 aliphatic heterocycles. The lowest BCUT2D eigenvalue weighted by Gasteiger charge is -2.18. The largest absolute Gasteiger partial charge is 0.310 e. The highest BCUT2D eigenvalue weighted by molar-refractivity contribution is 7.98. The Labute approximate surface area is 120 Å².